The number of nitrogens with one attached hydrogen (secondary N) is 1. The SMILES string of the molecule is O=C(COC(=O)C12CCC(=O)N1c1ccccc1C(=O)N2C1CC1)NCC1(c2ccccc2)CC1. The summed E-state index contributed by atoms with van der Waals surface area (Å²) in [6, 6.07) is 16.8. The number of hydrogen-bond acceptors (Lipinski definition) is 5. The predicted molar refractivity (Wildman–Crippen MR) is 126 cm³/mol. The standard InChI is InChI=1S/C27H27N3O5/c31-22(28-17-26(14-15-26)18-6-2-1-3-7-18)16-35-25(34)27-13-12-23(32)30(27)21-9-5-4-8-20(21)24(33)29(27)19-10-11-19/h1-9,19H,10-17H2,(H,28,31). The van der Waals surface area contributed by atoms with Crippen molar-refractivity contribution in [3.8, 4) is 0 Å². The molecule has 6 rings (SSSR count). The van der Waals surface area contributed by atoms with Gasteiger partial charge in [0, 0.05) is 30.8 Å². The van der Waals surface area contributed by atoms with Crippen molar-refractivity contribution < 1.29 is 23.9 Å². The van der Waals surface area contributed by atoms with Gasteiger partial charge in [-0.3, -0.25) is 19.3 Å². The Morgan fingerprint density at radius 3 is 2.40 bits per heavy atom. The van der Waals surface area contributed by atoms with E-state index in [0.717, 1.165) is 25.7 Å². The van der Waals surface area contributed by atoms with Gasteiger partial charge in [0.1, 0.15) is 0 Å². The molecule has 0 bridgehead atoms. The molecule has 4 aliphatic rings. The third-order valence-corrected chi connectivity index (χ3v) is 7.74. The number of benzene rings is 2. The average Bonchev–Trinajstić information content (AvgIpc) is 3.81. The van der Waals surface area contributed by atoms with Gasteiger partial charge in [0.15, 0.2) is 6.61 Å². The average molecular weight is 474 g/mol. The zero-order valence-corrected chi connectivity index (χ0v) is 19.4. The zero-order chi connectivity index (χ0) is 24.2. The number of para-hydroxylation sites is 1. The van der Waals surface area contributed by atoms with Crippen molar-refractivity contribution >= 4 is 29.4 Å². The van der Waals surface area contributed by atoms with Crippen molar-refractivity contribution in [2.75, 3.05) is 18.1 Å². The van der Waals surface area contributed by atoms with E-state index in [9.17, 15) is 19.2 Å². The largest absolute Gasteiger partial charge is 0.452 e. The smallest absolute Gasteiger partial charge is 0.354 e. The van der Waals surface area contributed by atoms with Gasteiger partial charge in [0.05, 0.1) is 11.3 Å². The van der Waals surface area contributed by atoms with Crippen molar-refractivity contribution in [3.63, 3.8) is 0 Å². The van der Waals surface area contributed by atoms with E-state index < -0.39 is 24.1 Å². The minimum absolute atomic E-state index is 0.0590. The second-order valence-corrected chi connectivity index (χ2v) is 9.97. The fourth-order valence-corrected chi connectivity index (χ4v) is 5.59. The van der Waals surface area contributed by atoms with Gasteiger partial charge in [0.25, 0.3) is 11.8 Å². The number of hydrogen-bond donors (Lipinski definition) is 1. The summed E-state index contributed by atoms with van der Waals surface area (Å²) in [6.45, 7) is 0.0189. The quantitative estimate of drug-likeness (QED) is 0.624. The Morgan fingerprint density at radius 1 is 0.971 bits per heavy atom. The number of rotatable bonds is 7. The molecule has 2 heterocycles. The third kappa shape index (κ3) is 3.42. The summed E-state index contributed by atoms with van der Waals surface area (Å²) >= 11 is 0. The van der Waals surface area contributed by atoms with Gasteiger partial charge in [0.2, 0.25) is 11.6 Å². The van der Waals surface area contributed by atoms with Gasteiger partial charge < -0.3 is 15.0 Å². The van der Waals surface area contributed by atoms with Crippen LogP contribution in [0.4, 0.5) is 5.69 Å². The van der Waals surface area contributed by atoms with E-state index in [-0.39, 0.29) is 36.1 Å². The number of anilines is 1. The van der Waals surface area contributed by atoms with Gasteiger partial charge in [-0.15, -0.1) is 0 Å². The Hall–Kier alpha value is -3.68. The Bertz CT molecular complexity index is 1220. The number of carbonyl (C=O) groups is 4. The van der Waals surface area contributed by atoms with Crippen LogP contribution in [0.15, 0.2) is 54.6 Å². The molecular weight excluding hydrogens is 446 g/mol. The van der Waals surface area contributed by atoms with Crippen LogP contribution in [-0.4, -0.2) is 53.4 Å². The Balaban J connectivity index is 1.19. The molecule has 8 heteroatoms. The zero-order valence-electron chi connectivity index (χ0n) is 19.4. The van der Waals surface area contributed by atoms with E-state index in [2.05, 4.69) is 17.4 Å². The van der Waals surface area contributed by atoms with Gasteiger partial charge in [-0.25, -0.2) is 4.79 Å². The Kier molecular flexibility index (Phi) is 4.95. The molecule has 2 aliphatic heterocycles. The molecule has 0 aromatic heterocycles. The lowest BCUT2D eigenvalue weighted by Crippen LogP contribution is -2.69. The van der Waals surface area contributed by atoms with Crippen LogP contribution in [0.5, 0.6) is 0 Å². The van der Waals surface area contributed by atoms with Crippen LogP contribution in [0.3, 0.4) is 0 Å². The second-order valence-electron chi connectivity index (χ2n) is 9.97. The van der Waals surface area contributed by atoms with Crippen molar-refractivity contribution in [1.82, 2.24) is 10.2 Å². The van der Waals surface area contributed by atoms with Crippen LogP contribution in [0.2, 0.25) is 0 Å². The van der Waals surface area contributed by atoms with Gasteiger partial charge >= 0.3 is 5.97 Å². The summed E-state index contributed by atoms with van der Waals surface area (Å²) in [4.78, 5) is 55.6. The fraction of sp³-hybridized carbons (Fsp3) is 0.407. The first-order valence-electron chi connectivity index (χ1n) is 12.2. The molecule has 1 saturated heterocycles. The van der Waals surface area contributed by atoms with E-state index in [0.29, 0.717) is 17.8 Å². The van der Waals surface area contributed by atoms with Crippen molar-refractivity contribution in [2.24, 2.45) is 0 Å². The van der Waals surface area contributed by atoms with Crippen LogP contribution in [0.25, 0.3) is 0 Å². The molecule has 0 spiro atoms. The summed E-state index contributed by atoms with van der Waals surface area (Å²) in [5.41, 5.74) is 0.432. The number of carbonyl (C=O) groups excluding carboxylic acids is 4. The fourth-order valence-electron chi connectivity index (χ4n) is 5.59. The molecule has 35 heavy (non-hydrogen) atoms. The minimum atomic E-state index is -1.54. The monoisotopic (exact) mass is 473 g/mol. The lowest BCUT2D eigenvalue weighted by atomic mass is 9.96. The summed E-state index contributed by atoms with van der Waals surface area (Å²) in [6.07, 6.45) is 3.82. The second kappa shape index (κ2) is 7.93. The van der Waals surface area contributed by atoms with E-state index in [4.69, 9.17) is 4.74 Å². The van der Waals surface area contributed by atoms with Crippen LogP contribution >= 0.6 is 0 Å². The highest BCUT2D eigenvalue weighted by Crippen LogP contribution is 2.49. The summed E-state index contributed by atoms with van der Waals surface area (Å²) in [7, 11) is 0. The Morgan fingerprint density at radius 2 is 1.69 bits per heavy atom. The van der Waals surface area contributed by atoms with Gasteiger partial charge in [-0.2, -0.15) is 0 Å². The maximum atomic E-state index is 13.6. The molecule has 3 amide bonds. The molecule has 2 aromatic rings. The first-order chi connectivity index (χ1) is 17.0. The number of amides is 3. The summed E-state index contributed by atoms with van der Waals surface area (Å²) in [5, 5.41) is 2.90. The normalized spacial score (nSPS) is 24.0. The van der Waals surface area contributed by atoms with E-state index in [1.807, 2.05) is 18.2 Å². The van der Waals surface area contributed by atoms with E-state index in [1.165, 1.54) is 15.4 Å². The van der Waals surface area contributed by atoms with Crippen molar-refractivity contribution in [1.29, 1.82) is 0 Å². The minimum Gasteiger partial charge on any atom is -0.452 e. The van der Waals surface area contributed by atoms with Crippen molar-refractivity contribution in [2.45, 2.75) is 55.6 Å². The Labute approximate surface area is 203 Å². The first kappa shape index (κ1) is 21.8. The molecule has 2 aromatic carbocycles. The van der Waals surface area contributed by atoms with Crippen LogP contribution < -0.4 is 10.2 Å². The molecule has 1 atom stereocenters. The first-order valence-corrected chi connectivity index (χ1v) is 12.2. The summed E-state index contributed by atoms with van der Waals surface area (Å²) in [5.74, 6) is -1.62. The van der Waals surface area contributed by atoms with E-state index >= 15 is 0 Å². The molecule has 1 unspecified atom stereocenters. The highest BCUT2D eigenvalue weighted by molar-refractivity contribution is 6.15. The molecular formula is C27H27N3O5. The van der Waals surface area contributed by atoms with E-state index in [1.54, 1.807) is 24.3 Å². The maximum Gasteiger partial charge on any atom is 0.354 e. The highest BCUT2D eigenvalue weighted by atomic mass is 16.5. The summed E-state index contributed by atoms with van der Waals surface area (Å²) < 4.78 is 5.52. The molecule has 2 saturated carbocycles. The number of ether oxygens (including phenoxy) is 1. The molecule has 3 fully saturated rings. The topological polar surface area (TPSA) is 96.0 Å². The predicted octanol–water partition coefficient (Wildman–Crippen LogP) is 2.52. The molecule has 1 N–H and O–H groups in total. The third-order valence-electron chi connectivity index (χ3n) is 7.74. The van der Waals surface area contributed by atoms with Crippen LogP contribution in [0, 0.1) is 0 Å². The number of esters is 1. The molecule has 180 valence electrons. The van der Waals surface area contributed by atoms with Crippen molar-refractivity contribution in [3.05, 3.63) is 65.7 Å². The highest BCUT2D eigenvalue weighted by Gasteiger charge is 2.64. The van der Waals surface area contributed by atoms with Gasteiger partial charge in [-0.05, 0) is 43.4 Å². The maximum absolute atomic E-state index is 13.6. The molecule has 8 nitrogen and oxygen atoms in total. The lowest BCUT2D eigenvalue weighted by molar-refractivity contribution is -0.160. The molecule has 2 aliphatic carbocycles. The van der Waals surface area contributed by atoms with Gasteiger partial charge in [-0.1, -0.05) is 42.5 Å². The van der Waals surface area contributed by atoms with Crippen LogP contribution in [0.1, 0.15) is 54.4 Å². The lowest BCUT2D eigenvalue weighted by Gasteiger charge is -2.48. The number of nitrogens with zero attached hydrogens (tertiary/aromatic N) is 2. The number of fused-ring (bicyclic) bond motifs is 3. The van der Waals surface area contributed by atoms with Crippen LogP contribution in [-0.2, 0) is 24.5 Å². The molecule has 0 radical (unpaired) electrons.